The SMILES string of the molecule is CNC(=O)CCNC(=O)c1cc[nH]c(=O)c1. The topological polar surface area (TPSA) is 91.1 Å². The van der Waals surface area contributed by atoms with Gasteiger partial charge in [0.1, 0.15) is 0 Å². The quantitative estimate of drug-likeness (QED) is 0.626. The van der Waals surface area contributed by atoms with E-state index in [1.54, 1.807) is 0 Å². The Kier molecular flexibility index (Phi) is 4.26. The highest BCUT2D eigenvalue weighted by Gasteiger charge is 2.05. The average Bonchev–Trinajstić information content (AvgIpc) is 2.28. The van der Waals surface area contributed by atoms with Gasteiger partial charge in [-0.25, -0.2) is 0 Å². The van der Waals surface area contributed by atoms with Crippen LogP contribution in [0.4, 0.5) is 0 Å². The van der Waals surface area contributed by atoms with Crippen LogP contribution in [0.3, 0.4) is 0 Å². The molecular formula is C10H13N3O3. The lowest BCUT2D eigenvalue weighted by Crippen LogP contribution is -2.29. The fraction of sp³-hybridized carbons (Fsp3) is 0.300. The molecular weight excluding hydrogens is 210 g/mol. The zero-order valence-electron chi connectivity index (χ0n) is 8.87. The van der Waals surface area contributed by atoms with E-state index in [1.165, 1.54) is 25.4 Å². The highest BCUT2D eigenvalue weighted by Crippen LogP contribution is 1.92. The summed E-state index contributed by atoms with van der Waals surface area (Å²) in [5.41, 5.74) is -0.0559. The summed E-state index contributed by atoms with van der Waals surface area (Å²) in [5, 5.41) is 4.98. The molecule has 0 radical (unpaired) electrons. The van der Waals surface area contributed by atoms with Crippen LogP contribution in [-0.4, -0.2) is 30.4 Å². The third-order valence-electron chi connectivity index (χ3n) is 1.95. The van der Waals surface area contributed by atoms with Gasteiger partial charge in [-0.1, -0.05) is 0 Å². The van der Waals surface area contributed by atoms with Gasteiger partial charge in [0.05, 0.1) is 0 Å². The van der Waals surface area contributed by atoms with Crippen LogP contribution in [0.5, 0.6) is 0 Å². The van der Waals surface area contributed by atoms with Crippen LogP contribution in [0.25, 0.3) is 0 Å². The van der Waals surface area contributed by atoms with Crippen LogP contribution in [0.2, 0.25) is 0 Å². The van der Waals surface area contributed by atoms with Crippen molar-refractivity contribution in [2.45, 2.75) is 6.42 Å². The molecule has 0 aliphatic rings. The number of rotatable bonds is 4. The van der Waals surface area contributed by atoms with E-state index in [-0.39, 0.29) is 35.9 Å². The molecule has 1 aromatic rings. The molecule has 0 unspecified atom stereocenters. The highest BCUT2D eigenvalue weighted by atomic mass is 16.2. The van der Waals surface area contributed by atoms with Crippen molar-refractivity contribution in [1.29, 1.82) is 0 Å². The zero-order chi connectivity index (χ0) is 12.0. The summed E-state index contributed by atoms with van der Waals surface area (Å²) in [5.74, 6) is -0.513. The number of hydrogen-bond donors (Lipinski definition) is 3. The minimum absolute atomic E-state index is 0.147. The first-order chi connectivity index (χ1) is 7.63. The molecule has 16 heavy (non-hydrogen) atoms. The largest absolute Gasteiger partial charge is 0.359 e. The lowest BCUT2D eigenvalue weighted by molar-refractivity contribution is -0.120. The predicted octanol–water partition coefficient (Wildman–Crippen LogP) is -0.759. The van der Waals surface area contributed by atoms with E-state index in [2.05, 4.69) is 15.6 Å². The Hall–Kier alpha value is -2.11. The van der Waals surface area contributed by atoms with Crippen LogP contribution in [0, 0.1) is 0 Å². The van der Waals surface area contributed by atoms with Crippen LogP contribution in [0.1, 0.15) is 16.8 Å². The zero-order valence-corrected chi connectivity index (χ0v) is 8.87. The Balaban J connectivity index is 2.47. The molecule has 6 heteroatoms. The Bertz CT molecular complexity index is 439. The molecule has 0 saturated carbocycles. The second-order valence-electron chi connectivity index (χ2n) is 3.12. The first-order valence-corrected chi connectivity index (χ1v) is 4.81. The van der Waals surface area contributed by atoms with Gasteiger partial charge in [-0.3, -0.25) is 14.4 Å². The Morgan fingerprint density at radius 1 is 1.44 bits per heavy atom. The Labute approximate surface area is 92.1 Å². The summed E-state index contributed by atoms with van der Waals surface area (Å²) in [7, 11) is 1.53. The normalized spacial score (nSPS) is 9.56. The highest BCUT2D eigenvalue weighted by molar-refractivity contribution is 5.94. The summed E-state index contributed by atoms with van der Waals surface area (Å²) in [6, 6.07) is 2.70. The summed E-state index contributed by atoms with van der Waals surface area (Å²) in [6.45, 7) is 0.241. The maximum absolute atomic E-state index is 11.5. The minimum atomic E-state index is -0.366. The molecule has 0 atom stereocenters. The van der Waals surface area contributed by atoms with Gasteiger partial charge >= 0.3 is 0 Å². The number of aromatic amines is 1. The second kappa shape index (κ2) is 5.69. The van der Waals surface area contributed by atoms with Gasteiger partial charge in [0.15, 0.2) is 0 Å². The standard InChI is InChI=1S/C10H13N3O3/c1-11-8(14)3-5-13-10(16)7-2-4-12-9(15)6-7/h2,4,6H,3,5H2,1H3,(H,11,14)(H,12,15)(H,13,16). The van der Waals surface area contributed by atoms with Gasteiger partial charge in [0.2, 0.25) is 11.5 Å². The molecule has 2 amide bonds. The number of hydrogen-bond acceptors (Lipinski definition) is 3. The lowest BCUT2D eigenvalue weighted by Gasteiger charge is -2.03. The van der Waals surface area contributed by atoms with Crippen LogP contribution < -0.4 is 16.2 Å². The van der Waals surface area contributed by atoms with Gasteiger partial charge in [-0.15, -0.1) is 0 Å². The summed E-state index contributed by atoms with van der Waals surface area (Å²) in [6.07, 6.45) is 1.61. The molecule has 0 aliphatic carbocycles. The van der Waals surface area contributed by atoms with E-state index in [9.17, 15) is 14.4 Å². The van der Waals surface area contributed by atoms with Crippen molar-refractivity contribution in [1.82, 2.24) is 15.6 Å². The molecule has 0 bridgehead atoms. The van der Waals surface area contributed by atoms with E-state index >= 15 is 0 Å². The molecule has 1 aromatic heterocycles. The van der Waals surface area contributed by atoms with Crippen LogP contribution in [-0.2, 0) is 4.79 Å². The molecule has 0 aliphatic heterocycles. The van der Waals surface area contributed by atoms with Crippen molar-refractivity contribution in [3.8, 4) is 0 Å². The van der Waals surface area contributed by atoms with Gasteiger partial charge in [0, 0.05) is 37.8 Å². The van der Waals surface area contributed by atoms with Crippen molar-refractivity contribution in [2.24, 2.45) is 0 Å². The summed E-state index contributed by atoms with van der Waals surface area (Å²) >= 11 is 0. The molecule has 0 spiro atoms. The molecule has 0 saturated heterocycles. The van der Waals surface area contributed by atoms with Gasteiger partial charge in [-0.2, -0.15) is 0 Å². The third kappa shape index (κ3) is 3.56. The predicted molar refractivity (Wildman–Crippen MR) is 58.1 cm³/mol. The van der Waals surface area contributed by atoms with E-state index in [0.717, 1.165) is 0 Å². The van der Waals surface area contributed by atoms with Gasteiger partial charge < -0.3 is 15.6 Å². The van der Waals surface area contributed by atoms with Gasteiger partial charge in [0.25, 0.3) is 5.91 Å². The first kappa shape index (κ1) is 12.0. The fourth-order valence-electron chi connectivity index (χ4n) is 1.10. The number of nitrogens with one attached hydrogen (secondary N) is 3. The minimum Gasteiger partial charge on any atom is -0.359 e. The van der Waals surface area contributed by atoms with E-state index in [0.29, 0.717) is 0 Å². The average molecular weight is 223 g/mol. The molecule has 0 aromatic carbocycles. The van der Waals surface area contributed by atoms with Crippen LogP contribution >= 0.6 is 0 Å². The molecule has 3 N–H and O–H groups in total. The fourth-order valence-corrected chi connectivity index (χ4v) is 1.10. The number of aromatic nitrogens is 1. The number of amides is 2. The van der Waals surface area contributed by atoms with E-state index < -0.39 is 0 Å². The molecule has 86 valence electrons. The van der Waals surface area contributed by atoms with E-state index in [1.807, 2.05) is 0 Å². The van der Waals surface area contributed by atoms with Crippen molar-refractivity contribution in [2.75, 3.05) is 13.6 Å². The second-order valence-corrected chi connectivity index (χ2v) is 3.12. The number of carbonyl (C=O) groups excluding carboxylic acids is 2. The molecule has 1 rings (SSSR count). The van der Waals surface area contributed by atoms with E-state index in [4.69, 9.17) is 0 Å². The maximum atomic E-state index is 11.5. The first-order valence-electron chi connectivity index (χ1n) is 4.81. The monoisotopic (exact) mass is 223 g/mol. The molecule has 1 heterocycles. The molecule has 0 fully saturated rings. The van der Waals surface area contributed by atoms with Crippen molar-refractivity contribution >= 4 is 11.8 Å². The lowest BCUT2D eigenvalue weighted by atomic mass is 10.2. The van der Waals surface area contributed by atoms with Crippen molar-refractivity contribution in [3.63, 3.8) is 0 Å². The van der Waals surface area contributed by atoms with Crippen molar-refractivity contribution < 1.29 is 9.59 Å². The Morgan fingerprint density at radius 2 is 2.19 bits per heavy atom. The summed E-state index contributed by atoms with van der Waals surface area (Å²) < 4.78 is 0. The number of pyridine rings is 1. The number of H-pyrrole nitrogens is 1. The smallest absolute Gasteiger partial charge is 0.251 e. The summed E-state index contributed by atoms with van der Waals surface area (Å²) in [4.78, 5) is 35.7. The van der Waals surface area contributed by atoms with Crippen LogP contribution in [0.15, 0.2) is 23.1 Å². The Morgan fingerprint density at radius 3 is 2.81 bits per heavy atom. The van der Waals surface area contributed by atoms with Crippen molar-refractivity contribution in [3.05, 3.63) is 34.2 Å². The molecule has 6 nitrogen and oxygen atoms in total. The number of carbonyl (C=O) groups is 2. The maximum Gasteiger partial charge on any atom is 0.251 e. The third-order valence-corrected chi connectivity index (χ3v) is 1.95. The van der Waals surface area contributed by atoms with Gasteiger partial charge in [-0.05, 0) is 6.07 Å².